The first-order chi connectivity index (χ1) is 11.9. The van der Waals surface area contributed by atoms with Crippen molar-refractivity contribution >= 4 is 44.7 Å². The monoisotopic (exact) mass is 446 g/mol. The van der Waals surface area contributed by atoms with Gasteiger partial charge in [-0.05, 0) is 58.4 Å². The van der Waals surface area contributed by atoms with E-state index in [4.69, 9.17) is 16.6 Å². The summed E-state index contributed by atoms with van der Waals surface area (Å²) in [7, 11) is 1.93. The Balaban J connectivity index is 2.37. The van der Waals surface area contributed by atoms with Crippen LogP contribution in [0.25, 0.3) is 0 Å². The lowest BCUT2D eigenvalue weighted by atomic mass is 10.3. The minimum atomic E-state index is -0.572. The quantitative estimate of drug-likeness (QED) is 0.360. The average molecular weight is 448 g/mol. The van der Waals surface area contributed by atoms with Crippen LogP contribution >= 0.6 is 38.9 Å². The molecule has 8 heteroatoms. The molecule has 0 aliphatic carbocycles. The first kappa shape index (κ1) is 20.2. The maximum absolute atomic E-state index is 12.4. The van der Waals surface area contributed by atoms with Crippen molar-refractivity contribution in [1.82, 2.24) is 15.2 Å². The third-order valence-corrected chi connectivity index (χ3v) is 5.90. The van der Waals surface area contributed by atoms with E-state index < -0.39 is 6.80 Å². The largest absolute Gasteiger partial charge is 0.336 e. The third kappa shape index (κ3) is 5.41. The van der Waals surface area contributed by atoms with Crippen molar-refractivity contribution in [3.8, 4) is 0 Å². The molecule has 0 aromatic carbocycles. The number of nitrogens with one attached hydrogen (secondary N) is 2. The van der Waals surface area contributed by atoms with Gasteiger partial charge in [0, 0.05) is 18.5 Å². The highest BCUT2D eigenvalue weighted by atomic mass is 79.9. The maximum atomic E-state index is 12.4. The van der Waals surface area contributed by atoms with Crippen molar-refractivity contribution < 1.29 is 4.39 Å². The van der Waals surface area contributed by atoms with E-state index in [1.165, 1.54) is 4.88 Å². The number of thiophene rings is 1. The van der Waals surface area contributed by atoms with Crippen molar-refractivity contribution in [1.29, 1.82) is 0 Å². The highest BCUT2D eigenvalue weighted by Crippen LogP contribution is 2.22. The van der Waals surface area contributed by atoms with Gasteiger partial charge >= 0.3 is 0 Å². The van der Waals surface area contributed by atoms with E-state index in [1.807, 2.05) is 49.0 Å². The average Bonchev–Trinajstić information content (AvgIpc) is 3.19. The fourth-order valence-electron chi connectivity index (χ4n) is 2.15. The molecule has 0 spiro atoms. The summed E-state index contributed by atoms with van der Waals surface area (Å²) in [6.45, 7) is 4.29. The number of nitrogens with zero attached hydrogens (tertiary/aromatic N) is 2. The summed E-state index contributed by atoms with van der Waals surface area (Å²) >= 11 is 11.5. The van der Waals surface area contributed by atoms with Gasteiger partial charge in [0.2, 0.25) is 0 Å². The molecule has 2 N–H and O–H groups in total. The number of halogens is 3. The van der Waals surface area contributed by atoms with Gasteiger partial charge in [0.1, 0.15) is 12.0 Å². The molecular weight excluding hydrogens is 427 g/mol. The number of alkyl halides is 1. The lowest BCUT2D eigenvalue weighted by molar-refractivity contribution is 0.424. The lowest BCUT2D eigenvalue weighted by Gasteiger charge is -2.12. The molecule has 136 valence electrons. The second-order valence-electron chi connectivity index (χ2n) is 5.65. The van der Waals surface area contributed by atoms with E-state index in [9.17, 15) is 4.39 Å². The fraction of sp³-hybridized carbons (Fsp3) is 0.353. The lowest BCUT2D eigenvalue weighted by Crippen LogP contribution is -2.25. The van der Waals surface area contributed by atoms with Gasteiger partial charge in [-0.25, -0.2) is 4.39 Å². The summed E-state index contributed by atoms with van der Waals surface area (Å²) in [5, 5.41) is 8.47. The van der Waals surface area contributed by atoms with Crippen LogP contribution in [0.1, 0.15) is 30.0 Å². The molecule has 4 nitrogen and oxygen atoms in total. The molecule has 0 fully saturated rings. The Morgan fingerprint density at radius 1 is 1.44 bits per heavy atom. The van der Waals surface area contributed by atoms with Crippen LogP contribution in [0.5, 0.6) is 0 Å². The second kappa shape index (κ2) is 9.52. The number of allylic oxidation sites excluding steroid dienone is 1. The minimum absolute atomic E-state index is 0.430. The first-order valence-corrected chi connectivity index (χ1v) is 9.77. The Bertz CT molecular complexity index is 764. The van der Waals surface area contributed by atoms with Gasteiger partial charge in [-0.15, -0.1) is 11.3 Å². The van der Waals surface area contributed by atoms with Crippen LogP contribution in [-0.2, 0) is 20.1 Å². The molecule has 0 bridgehead atoms. The van der Waals surface area contributed by atoms with Gasteiger partial charge in [-0.2, -0.15) is 0 Å². The van der Waals surface area contributed by atoms with Gasteiger partial charge in [0.15, 0.2) is 5.84 Å². The molecule has 0 unspecified atom stereocenters. The molecule has 0 aliphatic heterocycles. The van der Waals surface area contributed by atoms with E-state index in [2.05, 4.69) is 26.6 Å². The van der Waals surface area contributed by atoms with Gasteiger partial charge in [0.05, 0.1) is 16.8 Å². The number of hydrogen-bond acceptors (Lipinski definition) is 3. The highest BCUT2D eigenvalue weighted by Gasteiger charge is 2.16. The summed E-state index contributed by atoms with van der Waals surface area (Å²) in [5.74, 6) is 0.675. The Hall–Kier alpha value is -1.15. The molecule has 0 saturated carbocycles. The van der Waals surface area contributed by atoms with Crippen molar-refractivity contribution in [3.05, 3.63) is 55.0 Å². The molecule has 25 heavy (non-hydrogen) atoms. The van der Waals surface area contributed by atoms with E-state index in [0.29, 0.717) is 24.1 Å². The van der Waals surface area contributed by atoms with Crippen molar-refractivity contribution in [2.24, 2.45) is 12.0 Å². The molecule has 2 aromatic rings. The van der Waals surface area contributed by atoms with E-state index in [1.54, 1.807) is 11.3 Å². The van der Waals surface area contributed by atoms with Crippen LogP contribution in [0.2, 0.25) is 0 Å². The first-order valence-electron chi connectivity index (χ1n) is 7.72. The van der Waals surface area contributed by atoms with Gasteiger partial charge < -0.3 is 9.88 Å². The predicted molar refractivity (Wildman–Crippen MR) is 108 cm³/mol. The van der Waals surface area contributed by atoms with Crippen molar-refractivity contribution in [3.63, 3.8) is 0 Å². The predicted octanol–water partition coefficient (Wildman–Crippen LogP) is 4.89. The van der Waals surface area contributed by atoms with Crippen LogP contribution in [-0.4, -0.2) is 17.2 Å². The van der Waals surface area contributed by atoms with E-state index in [-0.39, 0.29) is 0 Å². The second-order valence-corrected chi connectivity index (χ2v) is 7.81. The van der Waals surface area contributed by atoms with E-state index >= 15 is 0 Å². The Morgan fingerprint density at radius 3 is 2.80 bits per heavy atom. The van der Waals surface area contributed by atoms with Crippen LogP contribution < -0.4 is 10.6 Å². The normalized spacial score (nSPS) is 11.7. The Kier molecular flexibility index (Phi) is 7.68. The molecule has 0 amide bonds. The molecule has 2 rings (SSSR count). The summed E-state index contributed by atoms with van der Waals surface area (Å²) < 4.78 is 15.3. The van der Waals surface area contributed by atoms with Crippen LogP contribution in [0.15, 0.2) is 43.9 Å². The molecule has 0 atom stereocenters. The molecule has 0 aliphatic rings. The maximum Gasteiger partial charge on any atom is 0.150 e. The number of hydrogen-bond donors (Lipinski definition) is 2. The summed E-state index contributed by atoms with van der Waals surface area (Å²) in [4.78, 5) is 5.88. The molecule has 2 aromatic heterocycles. The SMILES string of the molecule is CC(C)=C(Cl)NC(=NCc1cccs1)c1cc(CNCF)c(Br)n1C. The van der Waals surface area contributed by atoms with Crippen LogP contribution in [0.4, 0.5) is 4.39 Å². The van der Waals surface area contributed by atoms with Gasteiger partial charge in [-0.3, -0.25) is 10.3 Å². The summed E-state index contributed by atoms with van der Waals surface area (Å²) in [6.07, 6.45) is 0. The van der Waals surface area contributed by atoms with Crippen LogP contribution in [0, 0.1) is 0 Å². The zero-order chi connectivity index (χ0) is 18.4. The van der Waals surface area contributed by atoms with Crippen molar-refractivity contribution in [2.75, 3.05) is 6.80 Å². The van der Waals surface area contributed by atoms with E-state index in [0.717, 1.165) is 21.4 Å². The number of rotatable bonds is 7. The van der Waals surface area contributed by atoms with Crippen molar-refractivity contribution in [2.45, 2.75) is 26.9 Å². The van der Waals surface area contributed by atoms with Crippen LogP contribution in [0.3, 0.4) is 0 Å². The molecular formula is C17H21BrClFN4S. The number of aromatic nitrogens is 1. The molecule has 0 radical (unpaired) electrons. The third-order valence-electron chi connectivity index (χ3n) is 3.52. The standard InChI is InChI=1S/C17H21BrClFN4S/c1-11(2)16(19)23-17(22-9-13-5-4-6-25-13)14-7-12(8-21-10-20)15(18)24(14)3/h4-7,21H,8-10H2,1-3H3,(H,22,23). The topological polar surface area (TPSA) is 41.4 Å². The molecule has 2 heterocycles. The number of amidine groups is 1. The van der Waals surface area contributed by atoms with Gasteiger partial charge in [0.25, 0.3) is 0 Å². The Morgan fingerprint density at radius 2 is 2.20 bits per heavy atom. The number of aliphatic imine (C=N–C) groups is 1. The van der Waals surface area contributed by atoms with Gasteiger partial charge in [-0.1, -0.05) is 17.7 Å². The highest BCUT2D eigenvalue weighted by molar-refractivity contribution is 9.10. The zero-order valence-corrected chi connectivity index (χ0v) is 17.5. The molecule has 0 saturated heterocycles. The Labute approximate surface area is 164 Å². The summed E-state index contributed by atoms with van der Waals surface area (Å²) in [5.41, 5.74) is 2.80. The zero-order valence-electron chi connectivity index (χ0n) is 14.4. The smallest absolute Gasteiger partial charge is 0.150 e. The summed E-state index contributed by atoms with van der Waals surface area (Å²) in [6, 6.07) is 6.03. The minimum Gasteiger partial charge on any atom is -0.336 e. The fourth-order valence-corrected chi connectivity index (χ4v) is 3.31.